The van der Waals surface area contributed by atoms with E-state index in [1.807, 2.05) is 0 Å². The van der Waals surface area contributed by atoms with Gasteiger partial charge in [0.1, 0.15) is 0 Å². The second-order valence-electron chi connectivity index (χ2n) is 2.14. The second kappa shape index (κ2) is 4.73. The van der Waals surface area contributed by atoms with Crippen LogP contribution in [0.1, 0.15) is 12.8 Å². The third-order valence-corrected chi connectivity index (χ3v) is 1.25. The normalized spacial score (nSPS) is 9.27. The maximum Gasteiger partial charge on any atom is 0.246 e. The molecular weight excluding hydrogens is 146 g/mol. The van der Waals surface area contributed by atoms with Gasteiger partial charge in [0.2, 0.25) is 5.91 Å². The van der Waals surface area contributed by atoms with Crippen molar-refractivity contribution in [1.82, 2.24) is 5.06 Å². The van der Waals surface area contributed by atoms with Gasteiger partial charge < -0.3 is 5.11 Å². The zero-order valence-electron chi connectivity index (χ0n) is 6.83. The van der Waals surface area contributed by atoms with Crippen molar-refractivity contribution in [1.29, 1.82) is 0 Å². The van der Waals surface area contributed by atoms with Crippen LogP contribution in [-0.2, 0) is 9.63 Å². The summed E-state index contributed by atoms with van der Waals surface area (Å²) in [4.78, 5) is 15.5. The Balaban J connectivity index is 3.60. The lowest BCUT2D eigenvalue weighted by molar-refractivity contribution is -0.168. The first-order valence-electron chi connectivity index (χ1n) is 3.25. The molecule has 0 aliphatic heterocycles. The quantitative estimate of drug-likeness (QED) is 0.489. The molecule has 0 fully saturated rings. The molecule has 0 aromatic carbocycles. The predicted octanol–water partition coefficient (Wildman–Crippen LogP) is 0.858. The monoisotopic (exact) mass is 159 g/mol. The van der Waals surface area contributed by atoms with Gasteiger partial charge in [-0.15, -0.1) is 0 Å². The number of rotatable bonds is 4. The summed E-state index contributed by atoms with van der Waals surface area (Å²) < 4.78 is 0. The third-order valence-electron chi connectivity index (χ3n) is 1.25. The Bertz CT molecular complexity index is 156. The molecule has 0 unspecified atom stereocenters. The molecule has 0 heterocycles. The van der Waals surface area contributed by atoms with Crippen molar-refractivity contribution in [3.05, 3.63) is 12.3 Å². The highest BCUT2D eigenvalue weighted by Gasteiger charge is 2.06. The fourth-order valence-electron chi connectivity index (χ4n) is 0.510. The highest BCUT2D eigenvalue weighted by Crippen LogP contribution is 2.00. The van der Waals surface area contributed by atoms with Gasteiger partial charge in [0.25, 0.3) is 0 Å². The second-order valence-corrected chi connectivity index (χ2v) is 2.14. The standard InChI is InChI=1S/C7H13NO3/c1-6(9)4-5-7(10)8(2)11-3/h9H,1,4-5H2,2-3H3. The number of nitrogens with zero attached hydrogens (tertiary/aromatic N) is 1. The lowest BCUT2D eigenvalue weighted by Crippen LogP contribution is -2.24. The molecule has 0 saturated heterocycles. The molecule has 1 N–H and O–H groups in total. The van der Waals surface area contributed by atoms with Crippen LogP contribution in [0.4, 0.5) is 0 Å². The van der Waals surface area contributed by atoms with Crippen LogP contribution in [0.25, 0.3) is 0 Å². The Morgan fingerprint density at radius 2 is 2.18 bits per heavy atom. The molecule has 1 amide bonds. The minimum atomic E-state index is -0.178. The summed E-state index contributed by atoms with van der Waals surface area (Å²) in [5.41, 5.74) is 0. The lowest BCUT2D eigenvalue weighted by atomic mass is 10.3. The van der Waals surface area contributed by atoms with Crippen LogP contribution in [0, 0.1) is 0 Å². The molecule has 0 spiro atoms. The first-order valence-corrected chi connectivity index (χ1v) is 3.25. The van der Waals surface area contributed by atoms with Crippen LogP contribution < -0.4 is 0 Å². The van der Waals surface area contributed by atoms with Crippen molar-refractivity contribution in [2.75, 3.05) is 14.2 Å². The topological polar surface area (TPSA) is 49.8 Å². The number of hydrogen-bond donors (Lipinski definition) is 1. The van der Waals surface area contributed by atoms with Gasteiger partial charge in [-0.1, -0.05) is 6.58 Å². The number of hydrogen-bond acceptors (Lipinski definition) is 3. The van der Waals surface area contributed by atoms with E-state index in [1.54, 1.807) is 0 Å². The van der Waals surface area contributed by atoms with Crippen LogP contribution in [0.5, 0.6) is 0 Å². The lowest BCUT2D eigenvalue weighted by Gasteiger charge is -2.12. The summed E-state index contributed by atoms with van der Waals surface area (Å²) in [7, 11) is 2.92. The summed E-state index contributed by atoms with van der Waals surface area (Å²) in [5.74, 6) is -0.162. The SMILES string of the molecule is C=C(O)CCC(=O)N(C)OC. The van der Waals surface area contributed by atoms with E-state index in [0.29, 0.717) is 0 Å². The Hall–Kier alpha value is -1.03. The molecule has 0 atom stereocenters. The molecule has 0 radical (unpaired) electrons. The maximum atomic E-state index is 10.9. The number of carbonyl (C=O) groups is 1. The van der Waals surface area contributed by atoms with E-state index in [0.717, 1.165) is 5.06 Å². The Labute approximate surface area is 66.0 Å². The van der Waals surface area contributed by atoms with Crippen molar-refractivity contribution in [2.45, 2.75) is 12.8 Å². The number of aliphatic hydroxyl groups is 1. The predicted molar refractivity (Wildman–Crippen MR) is 40.8 cm³/mol. The largest absolute Gasteiger partial charge is 0.513 e. The van der Waals surface area contributed by atoms with Gasteiger partial charge in [-0.05, 0) is 0 Å². The van der Waals surface area contributed by atoms with Crippen LogP contribution in [0.2, 0.25) is 0 Å². The molecule has 0 aromatic rings. The van der Waals surface area contributed by atoms with E-state index < -0.39 is 0 Å². The van der Waals surface area contributed by atoms with Gasteiger partial charge in [0.15, 0.2) is 0 Å². The molecule has 4 nitrogen and oxygen atoms in total. The zero-order valence-corrected chi connectivity index (χ0v) is 6.83. The molecule has 0 aliphatic rings. The van der Waals surface area contributed by atoms with Crippen LogP contribution in [0.15, 0.2) is 12.3 Å². The molecule has 4 heteroatoms. The number of amides is 1. The summed E-state index contributed by atoms with van der Waals surface area (Å²) >= 11 is 0. The van der Waals surface area contributed by atoms with Gasteiger partial charge in [-0.3, -0.25) is 9.63 Å². The Morgan fingerprint density at radius 3 is 2.55 bits per heavy atom. The number of allylic oxidation sites excluding steroid dienone is 1. The summed E-state index contributed by atoms with van der Waals surface area (Å²) in [6.45, 7) is 3.26. The molecule has 0 aromatic heterocycles. The Kier molecular flexibility index (Phi) is 4.29. The van der Waals surface area contributed by atoms with Crippen LogP contribution in [0.3, 0.4) is 0 Å². The molecular formula is C7H13NO3. The molecule has 0 aliphatic carbocycles. The van der Waals surface area contributed by atoms with Crippen LogP contribution >= 0.6 is 0 Å². The highest BCUT2D eigenvalue weighted by molar-refractivity contribution is 5.74. The van der Waals surface area contributed by atoms with Gasteiger partial charge in [-0.2, -0.15) is 0 Å². The van der Waals surface area contributed by atoms with E-state index in [-0.39, 0.29) is 24.5 Å². The number of hydroxylamine groups is 2. The third kappa shape index (κ3) is 4.38. The van der Waals surface area contributed by atoms with Crippen molar-refractivity contribution in [3.8, 4) is 0 Å². The fraction of sp³-hybridized carbons (Fsp3) is 0.571. The average molecular weight is 159 g/mol. The zero-order chi connectivity index (χ0) is 8.85. The molecule has 11 heavy (non-hydrogen) atoms. The van der Waals surface area contributed by atoms with Crippen LogP contribution in [-0.4, -0.2) is 30.2 Å². The summed E-state index contributed by atoms with van der Waals surface area (Å²) in [5, 5.41) is 9.76. The Morgan fingerprint density at radius 1 is 1.64 bits per heavy atom. The van der Waals surface area contributed by atoms with Crippen molar-refractivity contribution in [2.24, 2.45) is 0 Å². The minimum Gasteiger partial charge on any atom is -0.513 e. The minimum absolute atomic E-state index is 0.0165. The van der Waals surface area contributed by atoms with Crippen molar-refractivity contribution < 1.29 is 14.7 Å². The smallest absolute Gasteiger partial charge is 0.246 e. The fourth-order valence-corrected chi connectivity index (χ4v) is 0.510. The summed E-state index contributed by atoms with van der Waals surface area (Å²) in [6, 6.07) is 0. The summed E-state index contributed by atoms with van der Waals surface area (Å²) in [6.07, 6.45) is 0.506. The maximum absolute atomic E-state index is 10.9. The van der Waals surface area contributed by atoms with Gasteiger partial charge in [0, 0.05) is 19.9 Å². The van der Waals surface area contributed by atoms with Gasteiger partial charge in [0.05, 0.1) is 12.9 Å². The van der Waals surface area contributed by atoms with E-state index >= 15 is 0 Å². The van der Waals surface area contributed by atoms with E-state index in [1.165, 1.54) is 14.2 Å². The van der Waals surface area contributed by atoms with Crippen molar-refractivity contribution in [3.63, 3.8) is 0 Å². The van der Waals surface area contributed by atoms with Gasteiger partial charge >= 0.3 is 0 Å². The van der Waals surface area contributed by atoms with E-state index in [4.69, 9.17) is 5.11 Å². The first-order chi connectivity index (χ1) is 5.07. The van der Waals surface area contributed by atoms with Gasteiger partial charge in [-0.25, -0.2) is 5.06 Å². The number of carbonyl (C=O) groups excluding carboxylic acids is 1. The molecule has 0 rings (SSSR count). The number of aliphatic hydroxyl groups excluding tert-OH is 1. The van der Waals surface area contributed by atoms with Crippen molar-refractivity contribution >= 4 is 5.91 Å². The average Bonchev–Trinajstić information content (AvgIpc) is 1.98. The first kappa shape index (κ1) is 9.97. The molecule has 0 bridgehead atoms. The highest BCUT2D eigenvalue weighted by atomic mass is 16.7. The van der Waals surface area contributed by atoms with E-state index in [2.05, 4.69) is 11.4 Å². The molecule has 0 saturated carbocycles. The van der Waals surface area contributed by atoms with E-state index in [9.17, 15) is 4.79 Å². The molecule has 64 valence electrons.